The first-order valence-electron chi connectivity index (χ1n) is 5.82. The number of hydrogen-bond donors (Lipinski definition) is 3. The first-order chi connectivity index (χ1) is 6.84. The van der Waals surface area contributed by atoms with Crippen LogP contribution in [0.2, 0.25) is 0 Å². The van der Waals surface area contributed by atoms with Gasteiger partial charge in [0.05, 0.1) is 18.8 Å². The molecule has 0 radical (unpaired) electrons. The summed E-state index contributed by atoms with van der Waals surface area (Å²) in [6.07, 6.45) is 1.21. The van der Waals surface area contributed by atoms with Gasteiger partial charge in [0.15, 0.2) is 0 Å². The van der Waals surface area contributed by atoms with Gasteiger partial charge < -0.3 is 15.3 Å². The van der Waals surface area contributed by atoms with Crippen molar-refractivity contribution in [2.45, 2.75) is 67.1 Å². The lowest BCUT2D eigenvalue weighted by Gasteiger charge is -2.08. The van der Waals surface area contributed by atoms with Crippen LogP contribution in [0.4, 0.5) is 0 Å². The molecule has 3 N–H and O–H groups in total. The summed E-state index contributed by atoms with van der Waals surface area (Å²) in [7, 11) is 0. The van der Waals surface area contributed by atoms with E-state index in [0.29, 0.717) is 5.92 Å². The fourth-order valence-corrected chi connectivity index (χ4v) is 0.922. The van der Waals surface area contributed by atoms with Gasteiger partial charge in [-0.3, -0.25) is 0 Å². The summed E-state index contributed by atoms with van der Waals surface area (Å²) in [5, 5.41) is 26.0. The fourth-order valence-electron chi connectivity index (χ4n) is 0.922. The van der Waals surface area contributed by atoms with Gasteiger partial charge in [-0.15, -0.1) is 0 Å². The third kappa shape index (κ3) is 16.3. The van der Waals surface area contributed by atoms with Crippen molar-refractivity contribution in [1.29, 1.82) is 0 Å². The first kappa shape index (κ1) is 21.2. The van der Waals surface area contributed by atoms with E-state index in [1.807, 2.05) is 20.8 Å². The maximum Gasteiger partial charge on any atom is 0.0793 e. The van der Waals surface area contributed by atoms with Crippen LogP contribution in [0.1, 0.15) is 54.9 Å². The number of rotatable bonds is 5. The quantitative estimate of drug-likeness (QED) is 0.687. The van der Waals surface area contributed by atoms with Gasteiger partial charge in [-0.1, -0.05) is 42.0 Å². The molecule has 0 aromatic rings. The average molecular weight is 236 g/mol. The maximum absolute atomic E-state index is 9.03. The summed E-state index contributed by atoms with van der Waals surface area (Å²) in [6.45, 7) is 9.85. The average Bonchev–Trinajstić information content (AvgIpc) is 2.16. The molecule has 0 fully saturated rings. The third-order valence-electron chi connectivity index (χ3n) is 2.17. The van der Waals surface area contributed by atoms with Crippen molar-refractivity contribution in [2.24, 2.45) is 11.8 Å². The minimum atomic E-state index is -0.542. The monoisotopic (exact) mass is 236 g/mol. The summed E-state index contributed by atoms with van der Waals surface area (Å²) >= 11 is 0. The SMILES string of the molecule is C.CC(C)[C@@H](O)CO.CC[C@@H](O)CC(C)C. The Labute approximate surface area is 102 Å². The summed E-state index contributed by atoms with van der Waals surface area (Å²) in [5.74, 6) is 0.801. The highest BCUT2D eigenvalue weighted by molar-refractivity contribution is 4.55. The molecule has 102 valence electrons. The minimum Gasteiger partial charge on any atom is -0.394 e. The molecule has 0 aromatic carbocycles. The molecule has 0 amide bonds. The Bertz CT molecular complexity index is 124. The number of aliphatic hydroxyl groups excluding tert-OH is 3. The molecule has 16 heavy (non-hydrogen) atoms. The van der Waals surface area contributed by atoms with Crippen LogP contribution in [0.25, 0.3) is 0 Å². The van der Waals surface area contributed by atoms with Gasteiger partial charge in [0.1, 0.15) is 0 Å². The second kappa shape index (κ2) is 12.9. The van der Waals surface area contributed by atoms with Crippen LogP contribution in [0.15, 0.2) is 0 Å². The van der Waals surface area contributed by atoms with E-state index in [1.165, 1.54) is 0 Å². The van der Waals surface area contributed by atoms with Crippen molar-refractivity contribution < 1.29 is 15.3 Å². The first-order valence-corrected chi connectivity index (χ1v) is 5.82. The van der Waals surface area contributed by atoms with Gasteiger partial charge >= 0.3 is 0 Å². The molecule has 3 nitrogen and oxygen atoms in total. The third-order valence-corrected chi connectivity index (χ3v) is 2.17. The maximum atomic E-state index is 9.03. The molecule has 2 atom stereocenters. The Morgan fingerprint density at radius 1 is 1.00 bits per heavy atom. The largest absolute Gasteiger partial charge is 0.394 e. The number of hydrogen-bond acceptors (Lipinski definition) is 3. The summed E-state index contributed by atoms with van der Waals surface area (Å²) in [4.78, 5) is 0. The van der Waals surface area contributed by atoms with Crippen LogP contribution in [0, 0.1) is 11.8 Å². The Morgan fingerprint density at radius 3 is 1.50 bits per heavy atom. The standard InChI is InChI=1S/C7H16O.C5H12O2.CH4/c1-4-7(8)5-6(2)3;1-4(2)5(7)3-6;/h6-8H,4-5H2,1-3H3;4-7H,3H2,1-2H3;1H4/t7-;5-;/m10./s1. The van der Waals surface area contributed by atoms with Gasteiger partial charge in [0.2, 0.25) is 0 Å². The van der Waals surface area contributed by atoms with Crippen molar-refractivity contribution >= 4 is 0 Å². The molecular formula is C13H32O3. The van der Waals surface area contributed by atoms with Crippen LogP contribution in [-0.2, 0) is 0 Å². The van der Waals surface area contributed by atoms with E-state index < -0.39 is 6.10 Å². The second-order valence-electron chi connectivity index (χ2n) is 4.69. The Hall–Kier alpha value is -0.120. The van der Waals surface area contributed by atoms with E-state index in [0.717, 1.165) is 12.8 Å². The van der Waals surface area contributed by atoms with E-state index in [9.17, 15) is 0 Å². The zero-order valence-electron chi connectivity index (χ0n) is 10.8. The van der Waals surface area contributed by atoms with E-state index >= 15 is 0 Å². The molecule has 3 heteroatoms. The highest BCUT2D eigenvalue weighted by Gasteiger charge is 2.04. The van der Waals surface area contributed by atoms with Gasteiger partial charge in [0, 0.05) is 0 Å². The van der Waals surface area contributed by atoms with Gasteiger partial charge in [-0.2, -0.15) is 0 Å². The van der Waals surface area contributed by atoms with Crippen LogP contribution < -0.4 is 0 Å². The smallest absolute Gasteiger partial charge is 0.0793 e. The lowest BCUT2D eigenvalue weighted by Crippen LogP contribution is -2.18. The molecular weight excluding hydrogens is 204 g/mol. The molecule has 0 heterocycles. The van der Waals surface area contributed by atoms with E-state index in [4.69, 9.17) is 15.3 Å². The fraction of sp³-hybridized carbons (Fsp3) is 1.00. The van der Waals surface area contributed by atoms with Crippen molar-refractivity contribution in [3.63, 3.8) is 0 Å². The van der Waals surface area contributed by atoms with E-state index in [-0.39, 0.29) is 26.1 Å². The number of aliphatic hydroxyl groups is 3. The lowest BCUT2D eigenvalue weighted by molar-refractivity contribution is 0.0597. The highest BCUT2D eigenvalue weighted by atomic mass is 16.3. The predicted octanol–water partition coefficient (Wildman–Crippen LogP) is 2.44. The highest BCUT2D eigenvalue weighted by Crippen LogP contribution is 2.05. The molecule has 0 spiro atoms. The Morgan fingerprint density at radius 2 is 1.44 bits per heavy atom. The molecule has 0 aromatic heterocycles. The summed E-state index contributed by atoms with van der Waals surface area (Å²) in [6, 6.07) is 0. The molecule has 0 rings (SSSR count). The van der Waals surface area contributed by atoms with Crippen LogP contribution >= 0.6 is 0 Å². The molecule has 0 saturated carbocycles. The van der Waals surface area contributed by atoms with Gasteiger partial charge in [-0.25, -0.2) is 0 Å². The molecule has 0 aliphatic heterocycles. The summed E-state index contributed by atoms with van der Waals surface area (Å²) in [5.41, 5.74) is 0. The van der Waals surface area contributed by atoms with Crippen molar-refractivity contribution in [3.05, 3.63) is 0 Å². The van der Waals surface area contributed by atoms with Crippen LogP contribution in [0.3, 0.4) is 0 Å². The molecule has 0 aliphatic rings. The van der Waals surface area contributed by atoms with Gasteiger partial charge in [0.25, 0.3) is 0 Å². The molecule has 0 saturated heterocycles. The molecule has 0 unspecified atom stereocenters. The van der Waals surface area contributed by atoms with Gasteiger partial charge in [-0.05, 0) is 24.7 Å². The molecule has 0 bridgehead atoms. The van der Waals surface area contributed by atoms with E-state index in [1.54, 1.807) is 0 Å². The molecule has 0 aliphatic carbocycles. The summed E-state index contributed by atoms with van der Waals surface area (Å²) < 4.78 is 0. The van der Waals surface area contributed by atoms with Crippen LogP contribution in [0.5, 0.6) is 0 Å². The van der Waals surface area contributed by atoms with Crippen molar-refractivity contribution in [1.82, 2.24) is 0 Å². The Balaban J connectivity index is -0.000000200. The predicted molar refractivity (Wildman–Crippen MR) is 70.4 cm³/mol. The van der Waals surface area contributed by atoms with Crippen LogP contribution in [-0.4, -0.2) is 34.1 Å². The topological polar surface area (TPSA) is 60.7 Å². The lowest BCUT2D eigenvalue weighted by atomic mass is 10.0. The normalized spacial score (nSPS) is 13.9. The Kier molecular flexibility index (Phi) is 17.2. The zero-order chi connectivity index (χ0) is 12.4. The van der Waals surface area contributed by atoms with Crippen molar-refractivity contribution in [3.8, 4) is 0 Å². The minimum absolute atomic E-state index is 0. The van der Waals surface area contributed by atoms with E-state index in [2.05, 4.69) is 13.8 Å². The zero-order valence-corrected chi connectivity index (χ0v) is 10.8. The second-order valence-corrected chi connectivity index (χ2v) is 4.69. The van der Waals surface area contributed by atoms with Crippen molar-refractivity contribution in [2.75, 3.05) is 6.61 Å².